The molecule has 1 fully saturated rings. The van der Waals surface area contributed by atoms with E-state index >= 15 is 0 Å². The molecule has 0 aliphatic heterocycles. The Hall–Kier alpha value is -0.580. The lowest BCUT2D eigenvalue weighted by Gasteiger charge is -2.13. The lowest BCUT2D eigenvalue weighted by atomic mass is 10.1. The predicted octanol–water partition coefficient (Wildman–Crippen LogP) is 2.60. The van der Waals surface area contributed by atoms with Crippen LogP contribution < -0.4 is 4.72 Å². The highest BCUT2D eigenvalue weighted by atomic mass is 35.5. The summed E-state index contributed by atoms with van der Waals surface area (Å²) in [5.74, 6) is 0.516. The maximum atomic E-state index is 12.1. The van der Waals surface area contributed by atoms with E-state index in [2.05, 4.69) is 4.72 Å². The standard InChI is InChI=1S/C13H18ClNO2S/c1-10-3-4-12(7-11(10)2)18(16,17)15-9-13(8-14)5-6-13/h3-4,7,15H,5-6,8-9H2,1-2H3. The normalized spacial score (nSPS) is 17.7. The van der Waals surface area contributed by atoms with Crippen LogP contribution in [0.2, 0.25) is 0 Å². The van der Waals surface area contributed by atoms with Crippen molar-refractivity contribution in [3.8, 4) is 0 Å². The molecular formula is C13H18ClNO2S. The highest BCUT2D eigenvalue weighted by Crippen LogP contribution is 2.46. The number of halogens is 1. The van der Waals surface area contributed by atoms with Gasteiger partial charge in [0.25, 0.3) is 0 Å². The van der Waals surface area contributed by atoms with Gasteiger partial charge < -0.3 is 0 Å². The van der Waals surface area contributed by atoms with Crippen LogP contribution in [0.15, 0.2) is 23.1 Å². The van der Waals surface area contributed by atoms with E-state index in [1.54, 1.807) is 12.1 Å². The number of aryl methyl sites for hydroxylation is 2. The molecule has 0 aromatic heterocycles. The average Bonchev–Trinajstić information content (AvgIpc) is 3.11. The highest BCUT2D eigenvalue weighted by Gasteiger charge is 2.42. The van der Waals surface area contributed by atoms with E-state index in [1.807, 2.05) is 19.9 Å². The van der Waals surface area contributed by atoms with Crippen molar-refractivity contribution in [3.63, 3.8) is 0 Å². The Morgan fingerprint density at radius 1 is 1.28 bits per heavy atom. The molecule has 0 saturated heterocycles. The SMILES string of the molecule is Cc1ccc(S(=O)(=O)NCC2(CCl)CC2)cc1C. The van der Waals surface area contributed by atoms with Gasteiger partial charge in [-0.05, 0) is 55.4 Å². The number of hydrogen-bond donors (Lipinski definition) is 1. The molecule has 0 amide bonds. The Balaban J connectivity index is 2.13. The van der Waals surface area contributed by atoms with Crippen LogP contribution in [0.3, 0.4) is 0 Å². The van der Waals surface area contributed by atoms with E-state index in [9.17, 15) is 8.42 Å². The first kappa shape index (κ1) is 13.8. The number of nitrogens with one attached hydrogen (secondary N) is 1. The molecule has 0 spiro atoms. The van der Waals surface area contributed by atoms with Crippen LogP contribution in [0.5, 0.6) is 0 Å². The van der Waals surface area contributed by atoms with Crippen LogP contribution in [0, 0.1) is 19.3 Å². The van der Waals surface area contributed by atoms with E-state index < -0.39 is 10.0 Å². The summed E-state index contributed by atoms with van der Waals surface area (Å²) >= 11 is 5.84. The summed E-state index contributed by atoms with van der Waals surface area (Å²) in [6, 6.07) is 5.18. The summed E-state index contributed by atoms with van der Waals surface area (Å²) in [4.78, 5) is 0.330. The van der Waals surface area contributed by atoms with Gasteiger partial charge in [0.15, 0.2) is 0 Å². The summed E-state index contributed by atoms with van der Waals surface area (Å²) in [5, 5.41) is 0. The molecule has 1 N–H and O–H groups in total. The molecule has 1 aliphatic carbocycles. The van der Waals surface area contributed by atoms with Gasteiger partial charge in [-0.3, -0.25) is 0 Å². The first-order valence-electron chi connectivity index (χ1n) is 6.01. The minimum absolute atomic E-state index is 0.00559. The second-order valence-electron chi connectivity index (χ2n) is 5.20. The molecule has 0 unspecified atom stereocenters. The molecule has 100 valence electrons. The number of hydrogen-bond acceptors (Lipinski definition) is 2. The van der Waals surface area contributed by atoms with Gasteiger partial charge in [0.1, 0.15) is 0 Å². The van der Waals surface area contributed by atoms with Crippen LogP contribution in [0.1, 0.15) is 24.0 Å². The first-order chi connectivity index (χ1) is 8.38. The second kappa shape index (κ2) is 4.83. The molecule has 3 nitrogen and oxygen atoms in total. The Kier molecular flexibility index (Phi) is 3.72. The smallest absolute Gasteiger partial charge is 0.211 e. The largest absolute Gasteiger partial charge is 0.240 e. The van der Waals surface area contributed by atoms with Crippen molar-refractivity contribution >= 4 is 21.6 Å². The van der Waals surface area contributed by atoms with Crippen molar-refractivity contribution < 1.29 is 8.42 Å². The van der Waals surface area contributed by atoms with Crippen LogP contribution in [-0.4, -0.2) is 20.8 Å². The summed E-state index contributed by atoms with van der Waals surface area (Å²) in [6.45, 7) is 4.31. The lowest BCUT2D eigenvalue weighted by molar-refractivity contribution is 0.534. The number of rotatable bonds is 5. The molecule has 0 heterocycles. The number of benzene rings is 1. The van der Waals surface area contributed by atoms with Gasteiger partial charge in [-0.15, -0.1) is 11.6 Å². The lowest BCUT2D eigenvalue weighted by Crippen LogP contribution is -2.31. The zero-order chi connectivity index (χ0) is 13.4. The first-order valence-corrected chi connectivity index (χ1v) is 8.03. The fourth-order valence-corrected chi connectivity index (χ4v) is 3.35. The molecule has 1 aliphatic rings. The zero-order valence-corrected chi connectivity index (χ0v) is 12.2. The van der Waals surface area contributed by atoms with Gasteiger partial charge in [0, 0.05) is 12.4 Å². The van der Waals surface area contributed by atoms with Crippen molar-refractivity contribution in [2.75, 3.05) is 12.4 Å². The summed E-state index contributed by atoms with van der Waals surface area (Å²) in [7, 11) is -3.41. The molecule has 0 radical (unpaired) electrons. The van der Waals surface area contributed by atoms with Gasteiger partial charge in [-0.25, -0.2) is 13.1 Å². The zero-order valence-electron chi connectivity index (χ0n) is 10.7. The van der Waals surface area contributed by atoms with Crippen LogP contribution in [0.4, 0.5) is 0 Å². The Labute approximate surface area is 114 Å². The third-order valence-electron chi connectivity index (χ3n) is 3.67. The van der Waals surface area contributed by atoms with Crippen molar-refractivity contribution in [1.29, 1.82) is 0 Å². The Bertz CT molecular complexity index is 550. The minimum Gasteiger partial charge on any atom is -0.211 e. The molecule has 2 rings (SSSR count). The van der Waals surface area contributed by atoms with Gasteiger partial charge >= 0.3 is 0 Å². The van der Waals surface area contributed by atoms with Crippen LogP contribution in [-0.2, 0) is 10.0 Å². The quantitative estimate of drug-likeness (QED) is 0.846. The van der Waals surface area contributed by atoms with Crippen LogP contribution >= 0.6 is 11.6 Å². The molecule has 1 saturated carbocycles. The van der Waals surface area contributed by atoms with Gasteiger partial charge in [0.2, 0.25) is 10.0 Å². The molecule has 1 aromatic carbocycles. The predicted molar refractivity (Wildman–Crippen MR) is 73.5 cm³/mol. The number of alkyl halides is 1. The highest BCUT2D eigenvalue weighted by molar-refractivity contribution is 7.89. The maximum absolute atomic E-state index is 12.1. The van der Waals surface area contributed by atoms with Crippen molar-refractivity contribution in [1.82, 2.24) is 4.72 Å². The van der Waals surface area contributed by atoms with Crippen LogP contribution in [0.25, 0.3) is 0 Å². The van der Waals surface area contributed by atoms with E-state index in [-0.39, 0.29) is 5.41 Å². The third-order valence-corrected chi connectivity index (χ3v) is 5.63. The van der Waals surface area contributed by atoms with Gasteiger partial charge in [-0.1, -0.05) is 6.07 Å². The summed E-state index contributed by atoms with van der Waals surface area (Å²) < 4.78 is 26.9. The van der Waals surface area contributed by atoms with E-state index in [4.69, 9.17) is 11.6 Å². The molecule has 0 bridgehead atoms. The Morgan fingerprint density at radius 3 is 2.44 bits per heavy atom. The monoisotopic (exact) mass is 287 g/mol. The van der Waals surface area contributed by atoms with E-state index in [0.717, 1.165) is 24.0 Å². The van der Waals surface area contributed by atoms with E-state index in [1.165, 1.54) is 0 Å². The third kappa shape index (κ3) is 2.87. The fourth-order valence-electron chi connectivity index (χ4n) is 1.75. The van der Waals surface area contributed by atoms with E-state index in [0.29, 0.717) is 17.3 Å². The topological polar surface area (TPSA) is 46.2 Å². The maximum Gasteiger partial charge on any atom is 0.240 e. The fraction of sp³-hybridized carbons (Fsp3) is 0.538. The Morgan fingerprint density at radius 2 is 1.94 bits per heavy atom. The molecule has 1 aromatic rings. The second-order valence-corrected chi connectivity index (χ2v) is 7.24. The van der Waals surface area contributed by atoms with Crippen molar-refractivity contribution in [3.05, 3.63) is 29.3 Å². The minimum atomic E-state index is -3.41. The molecule has 5 heteroatoms. The molecule has 18 heavy (non-hydrogen) atoms. The summed E-state index contributed by atoms with van der Waals surface area (Å²) in [6.07, 6.45) is 2.01. The van der Waals surface area contributed by atoms with Crippen molar-refractivity contribution in [2.24, 2.45) is 5.41 Å². The molecule has 0 atom stereocenters. The molecular weight excluding hydrogens is 270 g/mol. The van der Waals surface area contributed by atoms with Gasteiger partial charge in [0.05, 0.1) is 4.90 Å². The number of sulfonamides is 1. The van der Waals surface area contributed by atoms with Crippen molar-refractivity contribution in [2.45, 2.75) is 31.6 Å². The summed E-state index contributed by atoms with van der Waals surface area (Å²) in [5.41, 5.74) is 2.07. The average molecular weight is 288 g/mol. The van der Waals surface area contributed by atoms with Gasteiger partial charge in [-0.2, -0.15) is 0 Å².